The van der Waals surface area contributed by atoms with Crippen molar-refractivity contribution < 1.29 is 14.3 Å². The lowest BCUT2D eigenvalue weighted by Crippen LogP contribution is -2.14. The van der Waals surface area contributed by atoms with Gasteiger partial charge in [-0.3, -0.25) is 9.78 Å². The van der Waals surface area contributed by atoms with E-state index >= 15 is 0 Å². The van der Waals surface area contributed by atoms with Crippen molar-refractivity contribution in [1.29, 1.82) is 0 Å². The number of hydrogen-bond donors (Lipinski definition) is 1. The van der Waals surface area contributed by atoms with E-state index in [0.717, 1.165) is 18.4 Å². The van der Waals surface area contributed by atoms with Crippen LogP contribution in [0.25, 0.3) is 0 Å². The van der Waals surface area contributed by atoms with Crippen LogP contribution in [-0.2, 0) is 11.3 Å². The Bertz CT molecular complexity index is 704. The number of benzene rings is 1. The average Bonchev–Trinajstić information content (AvgIpc) is 3.35. The maximum atomic E-state index is 12.0. The molecule has 1 N–H and O–H groups in total. The Balaban J connectivity index is 1.64. The van der Waals surface area contributed by atoms with E-state index < -0.39 is 5.97 Å². The minimum absolute atomic E-state index is 0.171. The van der Waals surface area contributed by atoms with Crippen molar-refractivity contribution in [3.05, 3.63) is 63.9 Å². The fraction of sp³-hybridized carbons (Fsp3) is 0.294. The van der Waals surface area contributed by atoms with Gasteiger partial charge in [-0.1, -0.05) is 30.3 Å². The third kappa shape index (κ3) is 3.97. The van der Waals surface area contributed by atoms with Gasteiger partial charge in [-0.15, -0.1) is 0 Å². The van der Waals surface area contributed by atoms with E-state index in [9.17, 15) is 9.59 Å². The molecule has 1 saturated carbocycles. The van der Waals surface area contributed by atoms with Crippen LogP contribution in [0.3, 0.4) is 0 Å². The first-order valence-electron chi connectivity index (χ1n) is 7.29. The predicted octanol–water partition coefficient (Wildman–Crippen LogP) is 2.52. The third-order valence-electron chi connectivity index (χ3n) is 3.44. The molecule has 5 nitrogen and oxygen atoms in total. The second kappa shape index (κ2) is 6.47. The van der Waals surface area contributed by atoms with Gasteiger partial charge in [0.25, 0.3) is 5.56 Å². The first-order chi connectivity index (χ1) is 10.7. The number of pyridine rings is 1. The number of hydrogen-bond acceptors (Lipinski definition) is 4. The molecule has 22 heavy (non-hydrogen) atoms. The molecule has 0 saturated heterocycles. The lowest BCUT2D eigenvalue weighted by atomic mass is 10.2. The SMILES string of the molecule is O=C(OCc1ccccc1)c1cc(OCC2CC2)[nH]c(=O)c1. The molecule has 0 bridgehead atoms. The number of aromatic nitrogens is 1. The summed E-state index contributed by atoms with van der Waals surface area (Å²) < 4.78 is 10.7. The van der Waals surface area contributed by atoms with Crippen molar-refractivity contribution in [3.63, 3.8) is 0 Å². The average molecular weight is 299 g/mol. The van der Waals surface area contributed by atoms with E-state index in [1.807, 2.05) is 30.3 Å². The Morgan fingerprint density at radius 1 is 1.18 bits per heavy atom. The van der Waals surface area contributed by atoms with Crippen LogP contribution in [0.1, 0.15) is 28.8 Å². The first-order valence-corrected chi connectivity index (χ1v) is 7.29. The van der Waals surface area contributed by atoms with Crippen LogP contribution in [0.5, 0.6) is 5.88 Å². The van der Waals surface area contributed by atoms with E-state index in [-0.39, 0.29) is 17.7 Å². The van der Waals surface area contributed by atoms with E-state index in [2.05, 4.69) is 4.98 Å². The molecule has 0 radical (unpaired) electrons. The summed E-state index contributed by atoms with van der Waals surface area (Å²) in [5.74, 6) is 0.342. The number of nitrogens with one attached hydrogen (secondary N) is 1. The maximum absolute atomic E-state index is 12.0. The zero-order valence-corrected chi connectivity index (χ0v) is 12.1. The predicted molar refractivity (Wildman–Crippen MR) is 80.8 cm³/mol. The lowest BCUT2D eigenvalue weighted by Gasteiger charge is -2.07. The van der Waals surface area contributed by atoms with Gasteiger partial charge in [0.05, 0.1) is 12.2 Å². The second-order valence-electron chi connectivity index (χ2n) is 5.41. The maximum Gasteiger partial charge on any atom is 0.338 e. The Morgan fingerprint density at radius 3 is 2.68 bits per heavy atom. The molecule has 1 aliphatic rings. The summed E-state index contributed by atoms with van der Waals surface area (Å²) in [6, 6.07) is 12.1. The fourth-order valence-corrected chi connectivity index (χ4v) is 2.01. The van der Waals surface area contributed by atoms with Crippen molar-refractivity contribution in [3.8, 4) is 5.88 Å². The molecule has 3 rings (SSSR count). The molecule has 1 aromatic carbocycles. The van der Waals surface area contributed by atoms with E-state index in [1.54, 1.807) is 0 Å². The van der Waals surface area contributed by atoms with Crippen LogP contribution >= 0.6 is 0 Å². The molecular weight excluding hydrogens is 282 g/mol. The number of aromatic amines is 1. The van der Waals surface area contributed by atoms with Crippen LogP contribution in [0.4, 0.5) is 0 Å². The summed E-state index contributed by atoms with van der Waals surface area (Å²) >= 11 is 0. The van der Waals surface area contributed by atoms with Crippen LogP contribution in [0.2, 0.25) is 0 Å². The molecule has 0 spiro atoms. The summed E-state index contributed by atoms with van der Waals surface area (Å²) in [4.78, 5) is 26.2. The van der Waals surface area contributed by atoms with E-state index in [1.165, 1.54) is 12.1 Å². The van der Waals surface area contributed by atoms with Gasteiger partial charge in [-0.25, -0.2) is 4.79 Å². The number of rotatable bonds is 6. The van der Waals surface area contributed by atoms with Crippen LogP contribution in [0.15, 0.2) is 47.3 Å². The number of carbonyl (C=O) groups is 1. The molecule has 0 atom stereocenters. The van der Waals surface area contributed by atoms with E-state index in [0.29, 0.717) is 18.4 Å². The van der Waals surface area contributed by atoms with E-state index in [4.69, 9.17) is 9.47 Å². The summed E-state index contributed by atoms with van der Waals surface area (Å²) in [7, 11) is 0. The fourth-order valence-electron chi connectivity index (χ4n) is 2.01. The molecular formula is C17H17NO4. The minimum Gasteiger partial charge on any atom is -0.479 e. The zero-order chi connectivity index (χ0) is 15.4. The number of H-pyrrole nitrogens is 1. The number of esters is 1. The minimum atomic E-state index is -0.536. The largest absolute Gasteiger partial charge is 0.479 e. The second-order valence-corrected chi connectivity index (χ2v) is 5.41. The van der Waals surface area contributed by atoms with Crippen molar-refractivity contribution in [2.75, 3.05) is 6.61 Å². The molecule has 114 valence electrons. The third-order valence-corrected chi connectivity index (χ3v) is 3.44. The highest BCUT2D eigenvalue weighted by Gasteiger charge is 2.22. The van der Waals surface area contributed by atoms with Crippen molar-refractivity contribution >= 4 is 5.97 Å². The molecule has 5 heteroatoms. The zero-order valence-electron chi connectivity index (χ0n) is 12.1. The quantitative estimate of drug-likeness (QED) is 0.832. The topological polar surface area (TPSA) is 68.4 Å². The van der Waals surface area contributed by atoms with Gasteiger partial charge >= 0.3 is 5.97 Å². The molecule has 0 aliphatic heterocycles. The summed E-state index contributed by atoms with van der Waals surface area (Å²) in [5, 5.41) is 0. The van der Waals surface area contributed by atoms with Crippen molar-refractivity contribution in [2.45, 2.75) is 19.4 Å². The Kier molecular flexibility index (Phi) is 4.23. The highest BCUT2D eigenvalue weighted by Crippen LogP contribution is 2.29. The summed E-state index contributed by atoms with van der Waals surface area (Å²) in [5.41, 5.74) is 0.719. The van der Waals surface area contributed by atoms with Crippen LogP contribution in [0, 0.1) is 5.92 Å². The Hall–Kier alpha value is -2.56. The highest BCUT2D eigenvalue weighted by atomic mass is 16.5. The normalized spacial score (nSPS) is 13.6. The molecule has 0 amide bonds. The molecule has 1 heterocycles. The van der Waals surface area contributed by atoms with Gasteiger partial charge in [-0.05, 0) is 24.3 Å². The smallest absolute Gasteiger partial charge is 0.338 e. The van der Waals surface area contributed by atoms with Gasteiger partial charge in [0, 0.05) is 12.1 Å². The van der Waals surface area contributed by atoms with Crippen molar-refractivity contribution in [1.82, 2.24) is 4.98 Å². The monoisotopic (exact) mass is 299 g/mol. The molecule has 0 unspecified atom stereocenters. The Labute approximate surface area is 127 Å². The lowest BCUT2D eigenvalue weighted by molar-refractivity contribution is 0.0471. The van der Waals surface area contributed by atoms with Gasteiger partial charge in [0.2, 0.25) is 0 Å². The van der Waals surface area contributed by atoms with Crippen LogP contribution in [-0.4, -0.2) is 17.6 Å². The van der Waals surface area contributed by atoms with Gasteiger partial charge in [0.15, 0.2) is 5.88 Å². The van der Waals surface area contributed by atoms with Crippen molar-refractivity contribution in [2.24, 2.45) is 5.92 Å². The summed E-state index contributed by atoms with van der Waals surface area (Å²) in [6.07, 6.45) is 2.31. The molecule has 1 fully saturated rings. The summed E-state index contributed by atoms with van der Waals surface area (Å²) in [6.45, 7) is 0.739. The highest BCUT2D eigenvalue weighted by molar-refractivity contribution is 5.89. The first kappa shape index (κ1) is 14.4. The number of carbonyl (C=O) groups excluding carboxylic acids is 1. The standard InChI is InChI=1S/C17H17NO4/c19-15-8-14(9-16(18-15)21-10-13-6-7-13)17(20)22-11-12-4-2-1-3-5-12/h1-5,8-9,13H,6-7,10-11H2,(H,18,19). The number of ether oxygens (including phenoxy) is 2. The van der Waals surface area contributed by atoms with Gasteiger partial charge in [0.1, 0.15) is 6.61 Å². The van der Waals surface area contributed by atoms with Crippen LogP contribution < -0.4 is 10.3 Å². The Morgan fingerprint density at radius 2 is 1.95 bits per heavy atom. The van der Waals surface area contributed by atoms with Gasteiger partial charge < -0.3 is 9.47 Å². The van der Waals surface area contributed by atoms with Gasteiger partial charge in [-0.2, -0.15) is 0 Å². The molecule has 1 aromatic heterocycles. The molecule has 2 aromatic rings. The molecule has 1 aliphatic carbocycles.